The van der Waals surface area contributed by atoms with Crippen molar-refractivity contribution >= 4 is 20.8 Å². The van der Waals surface area contributed by atoms with E-state index in [1.807, 2.05) is 0 Å². The van der Waals surface area contributed by atoms with E-state index in [4.69, 9.17) is 4.55 Å². The lowest BCUT2D eigenvalue weighted by molar-refractivity contribution is 0.346. The van der Waals surface area contributed by atoms with Crippen LogP contribution in [-0.4, -0.2) is 21.4 Å². The van der Waals surface area contributed by atoms with Gasteiger partial charge in [0.15, 0.2) is 0 Å². The molecule has 9 heteroatoms. The summed E-state index contributed by atoms with van der Waals surface area (Å²) in [5, 5.41) is 0. The number of hydrogen-bond acceptors (Lipinski definition) is 6. The monoisotopic (exact) mass is 422 g/mol. The smallest absolute Gasteiger partial charge is 0.361 e. The minimum atomic E-state index is -5.17. The van der Waals surface area contributed by atoms with Crippen molar-refractivity contribution in [2.24, 2.45) is 0 Å². The van der Waals surface area contributed by atoms with Crippen molar-refractivity contribution in [2.45, 2.75) is 77.6 Å². The normalized spacial score (nSPS) is 12.2. The predicted molar refractivity (Wildman–Crippen MR) is 104 cm³/mol. The highest BCUT2D eigenvalue weighted by molar-refractivity contribution is 7.95. The number of aryl methyl sites for hydroxylation is 1. The largest absolute Gasteiger partial charge is 0.465 e. The number of unbranched alkanes of at least 4 members (excludes halogenated alkanes) is 9. The Morgan fingerprint density at radius 1 is 0.815 bits per heavy atom. The van der Waals surface area contributed by atoms with E-state index in [1.165, 1.54) is 51.0 Å². The Labute approximate surface area is 163 Å². The number of hydrogen-bond donors (Lipinski definition) is 1. The second-order valence-corrected chi connectivity index (χ2v) is 8.91. The molecule has 0 aliphatic carbocycles. The van der Waals surface area contributed by atoms with Gasteiger partial charge in [-0.05, 0) is 24.5 Å². The Morgan fingerprint density at radius 3 is 1.89 bits per heavy atom. The predicted octanol–water partition coefficient (Wildman–Crippen LogP) is 4.59. The van der Waals surface area contributed by atoms with Crippen LogP contribution in [0.3, 0.4) is 0 Å². The van der Waals surface area contributed by atoms with E-state index in [1.54, 1.807) is 18.2 Å². The van der Waals surface area contributed by atoms with Crippen LogP contribution >= 0.6 is 0 Å². The van der Waals surface area contributed by atoms with E-state index in [2.05, 4.69) is 14.7 Å². The zero-order chi connectivity index (χ0) is 20.2. The molecule has 0 atom stereocenters. The summed E-state index contributed by atoms with van der Waals surface area (Å²) in [5.41, 5.74) is 0.638. The van der Waals surface area contributed by atoms with E-state index in [9.17, 15) is 16.8 Å². The Morgan fingerprint density at radius 2 is 1.33 bits per heavy atom. The Bertz CT molecular complexity index is 743. The van der Waals surface area contributed by atoms with Crippen LogP contribution in [0.2, 0.25) is 0 Å². The van der Waals surface area contributed by atoms with Crippen molar-refractivity contribution in [3.63, 3.8) is 0 Å². The SMILES string of the molecule is CCCCCCCCCCCCc1ccccc1OS(=O)(=O)OS(=O)(=O)O. The second kappa shape index (κ2) is 12.3. The molecule has 0 heterocycles. The van der Waals surface area contributed by atoms with Gasteiger partial charge >= 0.3 is 20.8 Å². The zero-order valence-electron chi connectivity index (χ0n) is 15.8. The van der Waals surface area contributed by atoms with Crippen LogP contribution in [0.1, 0.15) is 76.7 Å². The standard InChI is InChI=1S/C18H30O7S2/c1-2-3-4-5-6-7-8-9-10-11-14-17-15-12-13-16-18(17)24-27(22,23)25-26(19,20)21/h12-13,15-16H,2-11,14H2,1H3,(H,19,20,21). The first-order valence-corrected chi connectivity index (χ1v) is 12.1. The average molecular weight is 423 g/mol. The van der Waals surface area contributed by atoms with Crippen LogP contribution < -0.4 is 4.18 Å². The van der Waals surface area contributed by atoms with Gasteiger partial charge in [-0.2, -0.15) is 16.8 Å². The van der Waals surface area contributed by atoms with Gasteiger partial charge in [0.25, 0.3) is 0 Å². The summed E-state index contributed by atoms with van der Waals surface area (Å²) in [5.74, 6) is -0.00271. The summed E-state index contributed by atoms with van der Waals surface area (Å²) in [6.07, 6.45) is 12.5. The number of para-hydroxylation sites is 1. The fourth-order valence-corrected chi connectivity index (χ4v) is 4.16. The molecule has 0 saturated heterocycles. The molecule has 0 spiro atoms. The molecule has 1 aromatic carbocycles. The minimum Gasteiger partial charge on any atom is -0.361 e. The lowest BCUT2D eigenvalue weighted by Gasteiger charge is -2.10. The molecule has 1 rings (SSSR count). The highest BCUT2D eigenvalue weighted by atomic mass is 32.3. The van der Waals surface area contributed by atoms with E-state index < -0.39 is 20.8 Å². The van der Waals surface area contributed by atoms with Crippen LogP contribution in [0.5, 0.6) is 5.75 Å². The summed E-state index contributed by atoms with van der Waals surface area (Å²) in [7, 11) is -10.1. The summed E-state index contributed by atoms with van der Waals surface area (Å²) < 4.78 is 60.9. The fourth-order valence-electron chi connectivity index (χ4n) is 2.82. The molecule has 27 heavy (non-hydrogen) atoms. The summed E-state index contributed by atoms with van der Waals surface area (Å²) in [4.78, 5) is 0. The fraction of sp³-hybridized carbons (Fsp3) is 0.667. The maximum Gasteiger partial charge on any atom is 0.465 e. The highest BCUT2D eigenvalue weighted by Crippen LogP contribution is 2.23. The Balaban J connectivity index is 2.36. The maximum atomic E-state index is 11.5. The van der Waals surface area contributed by atoms with Crippen LogP contribution in [0.4, 0.5) is 0 Å². The summed E-state index contributed by atoms with van der Waals surface area (Å²) in [6, 6.07) is 6.44. The molecular weight excluding hydrogens is 392 g/mol. The number of rotatable bonds is 15. The van der Waals surface area contributed by atoms with E-state index in [0.717, 1.165) is 19.3 Å². The van der Waals surface area contributed by atoms with E-state index in [-0.39, 0.29) is 5.75 Å². The lowest BCUT2D eigenvalue weighted by atomic mass is 10.0. The summed E-state index contributed by atoms with van der Waals surface area (Å²) >= 11 is 0. The third kappa shape index (κ3) is 12.0. The average Bonchev–Trinajstić information content (AvgIpc) is 2.55. The van der Waals surface area contributed by atoms with Crippen LogP contribution in [0.15, 0.2) is 24.3 Å². The van der Waals surface area contributed by atoms with Gasteiger partial charge in [0, 0.05) is 0 Å². The Hall–Kier alpha value is -1.16. The molecule has 0 unspecified atom stereocenters. The van der Waals surface area contributed by atoms with Gasteiger partial charge in [-0.1, -0.05) is 86.5 Å². The molecule has 0 bridgehead atoms. The van der Waals surface area contributed by atoms with E-state index >= 15 is 0 Å². The topological polar surface area (TPSA) is 107 Å². The molecule has 0 aliphatic rings. The van der Waals surface area contributed by atoms with Crippen molar-refractivity contribution in [1.29, 1.82) is 0 Å². The molecule has 0 fully saturated rings. The van der Waals surface area contributed by atoms with Gasteiger partial charge in [-0.3, -0.25) is 4.55 Å². The third-order valence-electron chi connectivity index (χ3n) is 4.13. The number of benzene rings is 1. The molecule has 0 amide bonds. The van der Waals surface area contributed by atoms with Gasteiger partial charge in [0.2, 0.25) is 0 Å². The van der Waals surface area contributed by atoms with Crippen LogP contribution in [0.25, 0.3) is 0 Å². The van der Waals surface area contributed by atoms with Crippen molar-refractivity contribution in [3.05, 3.63) is 29.8 Å². The van der Waals surface area contributed by atoms with Crippen molar-refractivity contribution < 1.29 is 29.2 Å². The van der Waals surface area contributed by atoms with Gasteiger partial charge in [0.1, 0.15) is 5.75 Å². The molecule has 156 valence electrons. The minimum absolute atomic E-state index is 0.00271. The highest BCUT2D eigenvalue weighted by Gasteiger charge is 2.23. The molecule has 0 aromatic heterocycles. The lowest BCUT2D eigenvalue weighted by Crippen LogP contribution is -2.18. The first kappa shape index (κ1) is 23.9. The summed E-state index contributed by atoms with van der Waals surface area (Å²) in [6.45, 7) is 2.21. The van der Waals surface area contributed by atoms with Crippen LogP contribution in [-0.2, 0) is 30.8 Å². The van der Waals surface area contributed by atoms with Crippen molar-refractivity contribution in [3.8, 4) is 5.75 Å². The van der Waals surface area contributed by atoms with Gasteiger partial charge in [-0.25, -0.2) is 0 Å². The molecule has 7 nitrogen and oxygen atoms in total. The maximum absolute atomic E-state index is 11.5. The first-order valence-electron chi connectivity index (χ1n) is 9.44. The Kier molecular flexibility index (Phi) is 10.9. The second-order valence-electron chi connectivity index (χ2n) is 6.53. The van der Waals surface area contributed by atoms with Crippen molar-refractivity contribution in [1.82, 2.24) is 0 Å². The van der Waals surface area contributed by atoms with Gasteiger partial charge < -0.3 is 4.18 Å². The quantitative estimate of drug-likeness (QED) is 0.325. The molecule has 0 saturated carbocycles. The van der Waals surface area contributed by atoms with Gasteiger partial charge in [0.05, 0.1) is 0 Å². The van der Waals surface area contributed by atoms with Gasteiger partial charge in [-0.15, -0.1) is 0 Å². The van der Waals surface area contributed by atoms with Crippen LogP contribution in [0, 0.1) is 0 Å². The zero-order valence-corrected chi connectivity index (χ0v) is 17.4. The molecule has 0 aliphatic heterocycles. The van der Waals surface area contributed by atoms with Crippen molar-refractivity contribution in [2.75, 3.05) is 0 Å². The molecule has 0 radical (unpaired) electrons. The molecule has 1 aromatic rings. The van der Waals surface area contributed by atoms with E-state index in [0.29, 0.717) is 12.0 Å². The first-order chi connectivity index (χ1) is 12.7. The molecular formula is C18H30O7S2. The molecule has 1 N–H and O–H groups in total. The third-order valence-corrected chi connectivity index (χ3v) is 5.87.